The van der Waals surface area contributed by atoms with Crippen LogP contribution in [0.1, 0.15) is 10.4 Å². The van der Waals surface area contributed by atoms with E-state index in [1.807, 2.05) is 47.8 Å². The molecule has 0 heterocycles. The zero-order valence-corrected chi connectivity index (χ0v) is 18.2. The summed E-state index contributed by atoms with van der Waals surface area (Å²) in [5, 5.41) is 2.61. The van der Waals surface area contributed by atoms with Crippen molar-refractivity contribution in [2.75, 3.05) is 16.7 Å². The van der Waals surface area contributed by atoms with E-state index in [-0.39, 0.29) is 11.6 Å². The Labute approximate surface area is 178 Å². The molecular weight excluding hydrogens is 495 g/mol. The Morgan fingerprint density at radius 2 is 1.70 bits per heavy atom. The summed E-state index contributed by atoms with van der Waals surface area (Å²) in [5.74, 6) is -0.844. The third kappa shape index (κ3) is 5.34. The summed E-state index contributed by atoms with van der Waals surface area (Å²) < 4.78 is 17.6. The predicted molar refractivity (Wildman–Crippen MR) is 117 cm³/mol. The van der Waals surface area contributed by atoms with Crippen LogP contribution >= 0.6 is 43.8 Å². The maximum Gasteiger partial charge on any atom is 0.255 e. The van der Waals surface area contributed by atoms with Crippen LogP contribution in [0.4, 0.5) is 15.8 Å². The highest BCUT2D eigenvalue weighted by atomic mass is 79.9. The molecule has 0 aliphatic heterocycles. The summed E-state index contributed by atoms with van der Waals surface area (Å²) in [7, 11) is 1.96. The van der Waals surface area contributed by atoms with Gasteiger partial charge in [0.05, 0.1) is 5.69 Å². The highest BCUT2D eigenvalue weighted by Crippen LogP contribution is 2.29. The summed E-state index contributed by atoms with van der Waals surface area (Å²) in [6, 6.07) is 19.7. The van der Waals surface area contributed by atoms with Crippen molar-refractivity contribution in [3.8, 4) is 0 Å². The summed E-state index contributed by atoms with van der Waals surface area (Å²) in [6.45, 7) is 0. The van der Waals surface area contributed by atoms with Crippen LogP contribution in [0.5, 0.6) is 0 Å². The molecule has 0 saturated carbocycles. The van der Waals surface area contributed by atoms with E-state index in [1.54, 1.807) is 18.2 Å². The first-order valence-corrected chi connectivity index (χ1v) is 10.3. The van der Waals surface area contributed by atoms with Gasteiger partial charge in [0.15, 0.2) is 0 Å². The molecule has 27 heavy (non-hydrogen) atoms. The Hall–Kier alpha value is -1.83. The molecule has 0 aliphatic rings. The molecule has 0 fully saturated rings. The van der Waals surface area contributed by atoms with Gasteiger partial charge in [-0.05, 0) is 72.6 Å². The van der Waals surface area contributed by atoms with E-state index in [9.17, 15) is 9.18 Å². The number of nitrogens with one attached hydrogen (secondary N) is 1. The molecule has 0 spiro atoms. The number of hydrogen-bond donors (Lipinski definition) is 1. The molecule has 7 heteroatoms. The first kappa shape index (κ1) is 19.9. The van der Waals surface area contributed by atoms with Gasteiger partial charge in [-0.15, -0.1) is 0 Å². The fourth-order valence-electron chi connectivity index (χ4n) is 2.34. The molecule has 3 nitrogen and oxygen atoms in total. The van der Waals surface area contributed by atoms with Crippen molar-refractivity contribution in [2.45, 2.75) is 4.90 Å². The Morgan fingerprint density at radius 3 is 2.41 bits per heavy atom. The summed E-state index contributed by atoms with van der Waals surface area (Å²) in [6.07, 6.45) is 0. The molecule has 0 radical (unpaired) electrons. The Balaban J connectivity index is 1.72. The van der Waals surface area contributed by atoms with Gasteiger partial charge in [0.2, 0.25) is 0 Å². The van der Waals surface area contributed by atoms with Crippen LogP contribution in [0.2, 0.25) is 0 Å². The van der Waals surface area contributed by atoms with Gasteiger partial charge in [-0.2, -0.15) is 0 Å². The van der Waals surface area contributed by atoms with Crippen LogP contribution in [-0.2, 0) is 0 Å². The fraction of sp³-hybridized carbons (Fsp3) is 0.0500. The first-order chi connectivity index (χ1) is 12.9. The molecule has 0 bridgehead atoms. The van der Waals surface area contributed by atoms with Crippen LogP contribution in [0.3, 0.4) is 0 Å². The minimum atomic E-state index is -0.488. The molecule has 3 aromatic carbocycles. The SMILES string of the molecule is CN(Sc1cccc(C(=O)Nc2ccc(Br)cc2F)c1)c1ccc(Br)cc1. The largest absolute Gasteiger partial charge is 0.319 e. The number of carbonyl (C=O) groups excluding carboxylic acids is 1. The van der Waals surface area contributed by atoms with Crippen molar-refractivity contribution in [1.82, 2.24) is 0 Å². The Kier molecular flexibility index (Phi) is 6.57. The smallest absolute Gasteiger partial charge is 0.255 e. The number of anilines is 2. The summed E-state index contributed by atoms with van der Waals surface area (Å²) in [5.41, 5.74) is 1.65. The van der Waals surface area contributed by atoms with Crippen LogP contribution in [0.25, 0.3) is 0 Å². The van der Waals surface area contributed by atoms with E-state index >= 15 is 0 Å². The molecule has 0 aliphatic carbocycles. The van der Waals surface area contributed by atoms with Crippen molar-refractivity contribution in [2.24, 2.45) is 0 Å². The molecular formula is C20H15Br2FN2OS. The lowest BCUT2D eigenvalue weighted by Gasteiger charge is -2.18. The zero-order valence-electron chi connectivity index (χ0n) is 14.2. The van der Waals surface area contributed by atoms with Crippen LogP contribution < -0.4 is 9.62 Å². The third-order valence-corrected chi connectivity index (χ3v) is 5.68. The number of hydrogen-bond acceptors (Lipinski definition) is 3. The Bertz CT molecular complexity index is 966. The van der Waals surface area contributed by atoms with E-state index in [0.29, 0.717) is 10.0 Å². The maximum absolute atomic E-state index is 13.9. The van der Waals surface area contributed by atoms with Crippen molar-refractivity contribution < 1.29 is 9.18 Å². The van der Waals surface area contributed by atoms with E-state index in [2.05, 4.69) is 37.2 Å². The van der Waals surface area contributed by atoms with E-state index in [1.165, 1.54) is 24.1 Å². The van der Waals surface area contributed by atoms with Gasteiger partial charge in [-0.3, -0.25) is 4.79 Å². The molecule has 3 rings (SSSR count). The number of rotatable bonds is 5. The quantitative estimate of drug-likeness (QED) is 0.386. The standard InChI is InChI=1S/C20H15Br2FN2OS/c1-25(16-8-5-14(21)6-9-16)27-17-4-2-3-13(11-17)20(26)24-19-10-7-15(22)12-18(19)23/h2-12H,1H3,(H,24,26). The van der Waals surface area contributed by atoms with Gasteiger partial charge in [0.1, 0.15) is 5.82 Å². The van der Waals surface area contributed by atoms with Crippen molar-refractivity contribution in [1.29, 1.82) is 0 Å². The van der Waals surface area contributed by atoms with Crippen molar-refractivity contribution in [3.05, 3.63) is 87.1 Å². The fourth-order valence-corrected chi connectivity index (χ4v) is 3.80. The highest BCUT2D eigenvalue weighted by molar-refractivity contribution is 9.10. The van der Waals surface area contributed by atoms with Crippen LogP contribution in [0, 0.1) is 5.82 Å². The third-order valence-electron chi connectivity index (χ3n) is 3.71. The van der Waals surface area contributed by atoms with Crippen molar-refractivity contribution in [3.63, 3.8) is 0 Å². The van der Waals surface area contributed by atoms with Crippen molar-refractivity contribution >= 4 is 61.1 Å². The number of halogens is 3. The second-order valence-corrected chi connectivity index (χ2v) is 8.70. The highest BCUT2D eigenvalue weighted by Gasteiger charge is 2.11. The normalized spacial score (nSPS) is 10.5. The van der Waals surface area contributed by atoms with Gasteiger partial charge in [0, 0.05) is 32.1 Å². The molecule has 0 unspecified atom stereocenters. The molecule has 3 aromatic rings. The summed E-state index contributed by atoms with van der Waals surface area (Å²) >= 11 is 8.13. The van der Waals surface area contributed by atoms with E-state index in [0.717, 1.165) is 15.1 Å². The predicted octanol–water partition coefficient (Wildman–Crippen LogP) is 6.75. The number of amides is 1. The average molecular weight is 510 g/mol. The maximum atomic E-state index is 13.9. The number of carbonyl (C=O) groups is 1. The van der Waals surface area contributed by atoms with E-state index in [4.69, 9.17) is 0 Å². The second-order valence-electron chi connectivity index (χ2n) is 5.67. The van der Waals surface area contributed by atoms with Gasteiger partial charge in [-0.1, -0.05) is 37.9 Å². The minimum Gasteiger partial charge on any atom is -0.319 e. The molecule has 138 valence electrons. The second kappa shape index (κ2) is 8.91. The molecule has 1 amide bonds. The lowest BCUT2D eigenvalue weighted by Crippen LogP contribution is -2.13. The van der Waals surface area contributed by atoms with Gasteiger partial charge in [0.25, 0.3) is 5.91 Å². The molecule has 0 aromatic heterocycles. The first-order valence-electron chi connectivity index (χ1n) is 7.96. The van der Waals surface area contributed by atoms with Crippen LogP contribution in [-0.4, -0.2) is 13.0 Å². The average Bonchev–Trinajstić information content (AvgIpc) is 2.64. The van der Waals surface area contributed by atoms with Gasteiger partial charge in [-0.25, -0.2) is 4.39 Å². The molecule has 0 saturated heterocycles. The molecule has 1 N–H and O–H groups in total. The van der Waals surface area contributed by atoms with Crippen LogP contribution in [0.15, 0.2) is 80.6 Å². The monoisotopic (exact) mass is 508 g/mol. The number of nitrogens with zero attached hydrogens (tertiary/aromatic N) is 1. The Morgan fingerprint density at radius 1 is 1.00 bits per heavy atom. The lowest BCUT2D eigenvalue weighted by atomic mass is 10.2. The molecule has 0 atom stereocenters. The zero-order chi connectivity index (χ0) is 19.4. The van der Waals surface area contributed by atoms with E-state index < -0.39 is 5.82 Å². The topological polar surface area (TPSA) is 32.3 Å². The van der Waals surface area contributed by atoms with Gasteiger partial charge < -0.3 is 9.62 Å². The number of benzene rings is 3. The lowest BCUT2D eigenvalue weighted by molar-refractivity contribution is 0.102. The van der Waals surface area contributed by atoms with Gasteiger partial charge >= 0.3 is 0 Å². The summed E-state index contributed by atoms with van der Waals surface area (Å²) in [4.78, 5) is 13.4. The minimum absolute atomic E-state index is 0.147.